The van der Waals surface area contributed by atoms with E-state index in [9.17, 15) is 9.59 Å². The van der Waals surface area contributed by atoms with E-state index < -0.39 is 5.92 Å². The molecule has 2 atom stereocenters. The van der Waals surface area contributed by atoms with Crippen LogP contribution in [0.2, 0.25) is 5.02 Å². The number of carbonyl (C=O) groups excluding carboxylic acids is 2. The van der Waals surface area contributed by atoms with Crippen LogP contribution in [-0.2, 0) is 16.2 Å². The highest BCUT2D eigenvalue weighted by Crippen LogP contribution is 2.52. The maximum absolute atomic E-state index is 13.6. The number of fused-ring (bicyclic) bond motifs is 1. The summed E-state index contributed by atoms with van der Waals surface area (Å²) in [5.74, 6) is 0.665. The first-order valence-electron chi connectivity index (χ1n) is 12.9. The van der Waals surface area contributed by atoms with Crippen LogP contribution < -0.4 is 9.47 Å². The summed E-state index contributed by atoms with van der Waals surface area (Å²) in [4.78, 5) is 32.1. The van der Waals surface area contributed by atoms with Crippen LogP contribution in [0.1, 0.15) is 70.4 Å². The van der Waals surface area contributed by atoms with Crippen LogP contribution in [0.5, 0.6) is 11.5 Å². The van der Waals surface area contributed by atoms with E-state index in [1.165, 1.54) is 0 Å². The van der Waals surface area contributed by atoms with Gasteiger partial charge in [0.25, 0.3) is 0 Å². The number of rotatable bonds is 5. The van der Waals surface area contributed by atoms with Gasteiger partial charge in [-0.3, -0.25) is 14.6 Å². The van der Waals surface area contributed by atoms with Crippen LogP contribution in [0.3, 0.4) is 0 Å². The summed E-state index contributed by atoms with van der Waals surface area (Å²) < 4.78 is 11.8. The highest BCUT2D eigenvalue weighted by atomic mass is 35.5. The standard InChI is InChI=1S/C31H34ClNO4/c1-30(2)13-21-28(23(34)15-30)27(29-22(33-21)14-31(3,4)16-24(29)35)19-8-11-25(26(12-19)36-5)37-17-18-6-9-20(32)10-7-18/h6-12,27-28H,13-17H2,1-5H3. The van der Waals surface area contributed by atoms with E-state index in [0.29, 0.717) is 41.5 Å². The lowest BCUT2D eigenvalue weighted by molar-refractivity contribution is -0.124. The third-order valence-electron chi connectivity index (χ3n) is 7.69. The van der Waals surface area contributed by atoms with Gasteiger partial charge in [-0.1, -0.05) is 57.5 Å². The van der Waals surface area contributed by atoms with Gasteiger partial charge in [-0.2, -0.15) is 0 Å². The van der Waals surface area contributed by atoms with Gasteiger partial charge in [0.2, 0.25) is 0 Å². The molecule has 0 radical (unpaired) electrons. The molecule has 194 valence electrons. The quantitative estimate of drug-likeness (QED) is 0.422. The number of halogens is 1. The molecular formula is C31H34ClNO4. The number of hydrogen-bond acceptors (Lipinski definition) is 5. The number of hydrogen-bond donors (Lipinski definition) is 0. The van der Waals surface area contributed by atoms with Gasteiger partial charge in [-0.25, -0.2) is 0 Å². The highest BCUT2D eigenvalue weighted by Gasteiger charge is 2.49. The van der Waals surface area contributed by atoms with E-state index in [2.05, 4.69) is 27.7 Å². The van der Waals surface area contributed by atoms with Crippen molar-refractivity contribution in [3.05, 3.63) is 69.9 Å². The molecule has 2 unspecified atom stereocenters. The third-order valence-corrected chi connectivity index (χ3v) is 7.94. The van der Waals surface area contributed by atoms with E-state index in [0.717, 1.165) is 35.4 Å². The predicted octanol–water partition coefficient (Wildman–Crippen LogP) is 7.11. The van der Waals surface area contributed by atoms with Crippen LogP contribution in [-0.4, -0.2) is 24.4 Å². The molecule has 6 heteroatoms. The Bertz CT molecular complexity index is 1320. The maximum Gasteiger partial charge on any atom is 0.161 e. The zero-order valence-electron chi connectivity index (χ0n) is 22.2. The number of allylic oxidation sites excluding steroid dienone is 2. The van der Waals surface area contributed by atoms with E-state index >= 15 is 0 Å². The summed E-state index contributed by atoms with van der Waals surface area (Å²) in [5, 5.41) is 0.677. The third kappa shape index (κ3) is 5.11. The number of ketones is 2. The van der Waals surface area contributed by atoms with Crippen LogP contribution in [0.15, 0.2) is 58.7 Å². The Hall–Kier alpha value is -2.92. The zero-order chi connectivity index (χ0) is 26.5. The van der Waals surface area contributed by atoms with Gasteiger partial charge < -0.3 is 9.47 Å². The largest absolute Gasteiger partial charge is 0.493 e. The van der Waals surface area contributed by atoms with Crippen LogP contribution >= 0.6 is 11.6 Å². The molecule has 0 bridgehead atoms. The van der Waals surface area contributed by atoms with Crippen molar-refractivity contribution in [1.29, 1.82) is 0 Å². The molecule has 0 N–H and O–H groups in total. The summed E-state index contributed by atoms with van der Waals surface area (Å²) in [6.07, 6.45) is 2.42. The zero-order valence-corrected chi connectivity index (χ0v) is 22.9. The minimum Gasteiger partial charge on any atom is -0.493 e. The highest BCUT2D eigenvalue weighted by molar-refractivity contribution is 6.30. The Morgan fingerprint density at radius 1 is 0.892 bits per heavy atom. The molecule has 2 aromatic carbocycles. The number of ether oxygens (including phenoxy) is 2. The van der Waals surface area contributed by atoms with E-state index in [1.807, 2.05) is 42.5 Å². The monoisotopic (exact) mass is 519 g/mol. The lowest BCUT2D eigenvalue weighted by Gasteiger charge is -2.44. The normalized spacial score (nSPS) is 24.2. The van der Waals surface area contributed by atoms with Gasteiger partial charge >= 0.3 is 0 Å². The minimum atomic E-state index is -0.414. The van der Waals surface area contributed by atoms with Crippen molar-refractivity contribution in [3.8, 4) is 11.5 Å². The minimum absolute atomic E-state index is 0.0960. The molecule has 0 spiro atoms. The van der Waals surface area contributed by atoms with Gasteiger partial charge in [0, 0.05) is 40.8 Å². The summed E-state index contributed by atoms with van der Waals surface area (Å²) in [6, 6.07) is 13.3. The van der Waals surface area contributed by atoms with Crippen molar-refractivity contribution in [1.82, 2.24) is 0 Å². The van der Waals surface area contributed by atoms with Crippen molar-refractivity contribution < 1.29 is 19.1 Å². The molecule has 1 heterocycles. The molecule has 5 nitrogen and oxygen atoms in total. The molecule has 5 rings (SSSR count). The Morgan fingerprint density at radius 3 is 2.30 bits per heavy atom. The van der Waals surface area contributed by atoms with Gasteiger partial charge in [0.1, 0.15) is 12.4 Å². The molecule has 3 aliphatic rings. The Morgan fingerprint density at radius 2 is 1.59 bits per heavy atom. The second-order valence-electron chi connectivity index (χ2n) is 12.2. The molecule has 2 aromatic rings. The van der Waals surface area contributed by atoms with Crippen molar-refractivity contribution in [2.75, 3.05) is 7.11 Å². The fourth-order valence-corrected chi connectivity index (χ4v) is 6.24. The Balaban J connectivity index is 1.54. The molecule has 0 aromatic heterocycles. The summed E-state index contributed by atoms with van der Waals surface area (Å²) in [7, 11) is 1.61. The number of Topliss-reactive ketones (excluding diaryl/α,β-unsaturated/α-hetero) is 2. The molecule has 1 saturated carbocycles. The van der Waals surface area contributed by atoms with Gasteiger partial charge in [-0.05, 0) is 59.1 Å². The van der Waals surface area contributed by atoms with Gasteiger partial charge in [0.15, 0.2) is 17.3 Å². The van der Waals surface area contributed by atoms with Crippen LogP contribution in [0.4, 0.5) is 0 Å². The fraction of sp³-hybridized carbons (Fsp3) is 0.452. The van der Waals surface area contributed by atoms with E-state index in [1.54, 1.807) is 7.11 Å². The number of benzene rings is 2. The number of aliphatic imine (C=N–C) groups is 1. The van der Waals surface area contributed by atoms with Crippen molar-refractivity contribution in [2.45, 2.75) is 65.9 Å². The first-order valence-corrected chi connectivity index (χ1v) is 13.3. The fourth-order valence-electron chi connectivity index (χ4n) is 6.11. The first kappa shape index (κ1) is 25.7. The first-order chi connectivity index (χ1) is 17.5. The Kier molecular flexibility index (Phi) is 6.56. The second-order valence-corrected chi connectivity index (χ2v) is 12.6. The summed E-state index contributed by atoms with van der Waals surface area (Å²) in [6.45, 7) is 8.83. The van der Waals surface area contributed by atoms with Crippen molar-refractivity contribution in [2.24, 2.45) is 21.7 Å². The van der Waals surface area contributed by atoms with Crippen molar-refractivity contribution >= 4 is 28.9 Å². The molecule has 2 aliphatic carbocycles. The van der Waals surface area contributed by atoms with Crippen LogP contribution in [0, 0.1) is 16.7 Å². The lowest BCUT2D eigenvalue weighted by atomic mass is 9.60. The number of nitrogens with zero attached hydrogens (tertiary/aromatic N) is 1. The molecule has 1 fully saturated rings. The van der Waals surface area contributed by atoms with Crippen LogP contribution in [0.25, 0.3) is 0 Å². The molecule has 37 heavy (non-hydrogen) atoms. The van der Waals surface area contributed by atoms with Gasteiger partial charge in [-0.15, -0.1) is 0 Å². The van der Waals surface area contributed by atoms with E-state index in [4.69, 9.17) is 26.1 Å². The molecule has 0 saturated heterocycles. The summed E-state index contributed by atoms with van der Waals surface area (Å²) >= 11 is 6.00. The van der Waals surface area contributed by atoms with Crippen molar-refractivity contribution in [3.63, 3.8) is 0 Å². The second kappa shape index (κ2) is 9.43. The molecule has 1 aliphatic heterocycles. The maximum atomic E-state index is 13.6. The van der Waals surface area contributed by atoms with E-state index in [-0.39, 0.29) is 28.3 Å². The molecule has 0 amide bonds. The molecular weight excluding hydrogens is 486 g/mol. The summed E-state index contributed by atoms with van der Waals surface area (Å²) in [5.41, 5.74) is 4.06. The topological polar surface area (TPSA) is 65.0 Å². The van der Waals surface area contributed by atoms with Gasteiger partial charge in [0.05, 0.1) is 13.0 Å². The number of carbonyl (C=O) groups is 2. The average molecular weight is 520 g/mol. The Labute approximate surface area is 223 Å². The smallest absolute Gasteiger partial charge is 0.161 e. The number of methoxy groups -OCH3 is 1. The SMILES string of the molecule is COc1cc(C2C3=C(CC(C)(C)CC3=O)N=C3CC(C)(C)CC(=O)C32)ccc1OCc1ccc(Cl)cc1. The average Bonchev–Trinajstić information content (AvgIpc) is 2.80. The lowest BCUT2D eigenvalue weighted by Crippen LogP contribution is -2.45. The predicted molar refractivity (Wildman–Crippen MR) is 146 cm³/mol.